The topological polar surface area (TPSA) is 52.3 Å². The Kier molecular flexibility index (Phi) is 5.02. The van der Waals surface area contributed by atoms with Gasteiger partial charge in [-0.2, -0.15) is 0 Å². The van der Waals surface area contributed by atoms with E-state index in [0.717, 1.165) is 23.1 Å². The van der Waals surface area contributed by atoms with E-state index in [1.807, 2.05) is 24.3 Å². The number of fused-ring (bicyclic) bond motifs is 2. The second-order valence-electron chi connectivity index (χ2n) is 7.19. The van der Waals surface area contributed by atoms with Crippen LogP contribution in [0.25, 0.3) is 0 Å². The minimum Gasteiger partial charge on any atom is -0.361 e. The Labute approximate surface area is 148 Å². The highest BCUT2D eigenvalue weighted by Gasteiger charge is 2.29. The summed E-state index contributed by atoms with van der Waals surface area (Å²) in [4.78, 5) is 13.1. The summed E-state index contributed by atoms with van der Waals surface area (Å²) in [7, 11) is 0. The second kappa shape index (κ2) is 7.06. The van der Waals surface area contributed by atoms with E-state index < -0.39 is 5.72 Å². The van der Waals surface area contributed by atoms with Gasteiger partial charge >= 0.3 is 0 Å². The van der Waals surface area contributed by atoms with Crippen LogP contribution in [0, 0.1) is 5.82 Å². The SMILES string of the molecule is CC(C)(N)OCCC[C@H]1C(=O)c2cc(F)ccc2Cc2ccccc21. The van der Waals surface area contributed by atoms with Crippen LogP contribution < -0.4 is 5.73 Å². The molecule has 0 heterocycles. The van der Waals surface area contributed by atoms with Gasteiger partial charge < -0.3 is 10.5 Å². The molecule has 132 valence electrons. The van der Waals surface area contributed by atoms with Crippen LogP contribution in [-0.2, 0) is 11.2 Å². The van der Waals surface area contributed by atoms with E-state index in [0.29, 0.717) is 25.0 Å². The van der Waals surface area contributed by atoms with Gasteiger partial charge in [-0.3, -0.25) is 4.79 Å². The monoisotopic (exact) mass is 341 g/mol. The normalized spacial score (nSPS) is 17.0. The Morgan fingerprint density at radius 1 is 1.20 bits per heavy atom. The fraction of sp³-hybridized carbons (Fsp3) is 0.381. The molecule has 1 atom stereocenters. The molecule has 25 heavy (non-hydrogen) atoms. The second-order valence-corrected chi connectivity index (χ2v) is 7.19. The number of hydrogen-bond acceptors (Lipinski definition) is 3. The molecule has 0 saturated heterocycles. The lowest BCUT2D eigenvalue weighted by molar-refractivity contribution is -0.0144. The third-order valence-corrected chi connectivity index (χ3v) is 4.58. The van der Waals surface area contributed by atoms with Crippen LogP contribution in [0.1, 0.15) is 59.7 Å². The molecule has 1 aliphatic rings. The van der Waals surface area contributed by atoms with Crippen molar-refractivity contribution in [3.8, 4) is 0 Å². The lowest BCUT2D eigenvalue weighted by atomic mass is 9.87. The molecule has 0 aromatic heterocycles. The third kappa shape index (κ3) is 4.14. The molecule has 0 radical (unpaired) electrons. The van der Waals surface area contributed by atoms with Gasteiger partial charge in [0.05, 0.1) is 0 Å². The van der Waals surface area contributed by atoms with E-state index in [9.17, 15) is 9.18 Å². The number of carbonyl (C=O) groups excluding carboxylic acids is 1. The summed E-state index contributed by atoms with van der Waals surface area (Å²) in [6, 6.07) is 12.5. The number of carbonyl (C=O) groups is 1. The number of halogens is 1. The van der Waals surface area contributed by atoms with Gasteiger partial charge in [0.25, 0.3) is 0 Å². The van der Waals surface area contributed by atoms with Crippen molar-refractivity contribution in [1.82, 2.24) is 0 Å². The van der Waals surface area contributed by atoms with Crippen molar-refractivity contribution >= 4 is 5.78 Å². The zero-order chi connectivity index (χ0) is 18.0. The first kappa shape index (κ1) is 17.8. The first-order valence-electron chi connectivity index (χ1n) is 8.68. The highest BCUT2D eigenvalue weighted by atomic mass is 19.1. The van der Waals surface area contributed by atoms with Crippen molar-refractivity contribution in [2.45, 2.75) is 44.8 Å². The lowest BCUT2D eigenvalue weighted by Gasteiger charge is -2.21. The number of Topliss-reactive ketones (excluding diaryl/α,β-unsaturated/α-hetero) is 1. The van der Waals surface area contributed by atoms with Crippen molar-refractivity contribution < 1.29 is 13.9 Å². The highest BCUT2D eigenvalue weighted by Crippen LogP contribution is 2.35. The predicted molar refractivity (Wildman–Crippen MR) is 96.2 cm³/mol. The molecule has 2 N–H and O–H groups in total. The summed E-state index contributed by atoms with van der Waals surface area (Å²) >= 11 is 0. The number of benzene rings is 2. The van der Waals surface area contributed by atoms with Gasteiger partial charge in [0.1, 0.15) is 11.5 Å². The largest absolute Gasteiger partial charge is 0.361 e. The Morgan fingerprint density at radius 3 is 2.72 bits per heavy atom. The molecular formula is C21H24FNO2. The van der Waals surface area contributed by atoms with Crippen molar-refractivity contribution in [2.75, 3.05) is 6.61 Å². The number of ketones is 1. The fourth-order valence-electron chi connectivity index (χ4n) is 3.41. The molecule has 1 aliphatic carbocycles. The maximum absolute atomic E-state index is 13.7. The van der Waals surface area contributed by atoms with Crippen LogP contribution in [0.4, 0.5) is 4.39 Å². The summed E-state index contributed by atoms with van der Waals surface area (Å²) in [5, 5.41) is 0. The molecule has 4 heteroatoms. The quantitative estimate of drug-likeness (QED) is 0.655. The summed E-state index contributed by atoms with van der Waals surface area (Å²) in [5.74, 6) is -0.653. The third-order valence-electron chi connectivity index (χ3n) is 4.58. The molecule has 2 aromatic rings. The maximum Gasteiger partial charge on any atom is 0.170 e. The van der Waals surface area contributed by atoms with E-state index in [1.54, 1.807) is 19.9 Å². The first-order valence-corrected chi connectivity index (χ1v) is 8.68. The summed E-state index contributed by atoms with van der Waals surface area (Å²) in [6.07, 6.45) is 2.03. The molecule has 0 bridgehead atoms. The van der Waals surface area contributed by atoms with Gasteiger partial charge in [-0.05, 0) is 61.9 Å². The van der Waals surface area contributed by atoms with Crippen LogP contribution in [-0.4, -0.2) is 18.1 Å². The molecule has 3 rings (SSSR count). The fourth-order valence-corrected chi connectivity index (χ4v) is 3.41. The number of hydrogen-bond donors (Lipinski definition) is 1. The smallest absolute Gasteiger partial charge is 0.170 e. The molecule has 0 unspecified atom stereocenters. The van der Waals surface area contributed by atoms with E-state index in [4.69, 9.17) is 10.5 Å². The zero-order valence-corrected chi connectivity index (χ0v) is 14.7. The number of ether oxygens (including phenoxy) is 1. The van der Waals surface area contributed by atoms with Gasteiger partial charge in [0, 0.05) is 18.1 Å². The van der Waals surface area contributed by atoms with Crippen LogP contribution in [0.5, 0.6) is 0 Å². The van der Waals surface area contributed by atoms with Crippen LogP contribution >= 0.6 is 0 Å². The van der Waals surface area contributed by atoms with Gasteiger partial charge in [-0.1, -0.05) is 30.3 Å². The molecule has 0 fully saturated rings. The summed E-state index contributed by atoms with van der Waals surface area (Å²) in [6.45, 7) is 4.10. The lowest BCUT2D eigenvalue weighted by Crippen LogP contribution is -2.35. The minimum atomic E-state index is -0.679. The van der Waals surface area contributed by atoms with E-state index in [-0.39, 0.29) is 17.5 Å². The van der Waals surface area contributed by atoms with Crippen LogP contribution in [0.2, 0.25) is 0 Å². The predicted octanol–water partition coefficient (Wildman–Crippen LogP) is 4.19. The highest BCUT2D eigenvalue weighted by molar-refractivity contribution is 6.03. The van der Waals surface area contributed by atoms with Crippen molar-refractivity contribution in [2.24, 2.45) is 5.73 Å². The van der Waals surface area contributed by atoms with Crippen LogP contribution in [0.3, 0.4) is 0 Å². The van der Waals surface area contributed by atoms with Gasteiger partial charge in [-0.25, -0.2) is 4.39 Å². The Bertz CT molecular complexity index is 780. The van der Waals surface area contributed by atoms with Gasteiger partial charge in [-0.15, -0.1) is 0 Å². The van der Waals surface area contributed by atoms with E-state index in [1.165, 1.54) is 12.1 Å². The average Bonchev–Trinajstić information content (AvgIpc) is 2.66. The van der Waals surface area contributed by atoms with E-state index in [2.05, 4.69) is 0 Å². The molecule has 0 spiro atoms. The van der Waals surface area contributed by atoms with Crippen molar-refractivity contribution in [3.63, 3.8) is 0 Å². The average molecular weight is 341 g/mol. The number of rotatable bonds is 5. The number of nitrogens with two attached hydrogens (primary N) is 1. The standard InChI is InChI=1S/C21H24FNO2/c1-21(2,23)25-11-5-8-18-17-7-4-3-6-14(17)12-15-9-10-16(22)13-19(15)20(18)24/h3-4,6-7,9-10,13,18H,5,8,11-12,23H2,1-2H3/t18-/m1/s1. The first-order chi connectivity index (χ1) is 11.8. The van der Waals surface area contributed by atoms with Crippen molar-refractivity contribution in [1.29, 1.82) is 0 Å². The Hall–Kier alpha value is -2.04. The Balaban J connectivity index is 1.88. The summed E-state index contributed by atoms with van der Waals surface area (Å²) in [5.41, 5.74) is 8.71. The maximum atomic E-state index is 13.7. The van der Waals surface area contributed by atoms with Gasteiger partial charge in [0.2, 0.25) is 0 Å². The van der Waals surface area contributed by atoms with Crippen LogP contribution in [0.15, 0.2) is 42.5 Å². The zero-order valence-electron chi connectivity index (χ0n) is 14.7. The summed E-state index contributed by atoms with van der Waals surface area (Å²) < 4.78 is 19.3. The van der Waals surface area contributed by atoms with Gasteiger partial charge in [0.15, 0.2) is 5.78 Å². The molecule has 2 aromatic carbocycles. The van der Waals surface area contributed by atoms with Crippen molar-refractivity contribution in [3.05, 3.63) is 70.5 Å². The van der Waals surface area contributed by atoms with E-state index >= 15 is 0 Å². The Morgan fingerprint density at radius 2 is 1.96 bits per heavy atom. The molecular weight excluding hydrogens is 317 g/mol. The molecule has 3 nitrogen and oxygen atoms in total. The molecule has 0 saturated carbocycles. The minimum absolute atomic E-state index is 0.00791. The molecule has 0 aliphatic heterocycles. The molecule has 0 amide bonds.